The molecule has 1 N–H and O–H groups in total. The van der Waals surface area contributed by atoms with Crippen molar-refractivity contribution in [2.45, 2.75) is 38.6 Å². The van der Waals surface area contributed by atoms with Crippen LogP contribution in [0.25, 0.3) is 0 Å². The Labute approximate surface area is 114 Å². The molecule has 0 amide bonds. The van der Waals surface area contributed by atoms with Gasteiger partial charge in [-0.25, -0.2) is 0 Å². The minimum absolute atomic E-state index is 0.189. The fourth-order valence-corrected chi connectivity index (χ4v) is 3.08. The molecule has 0 saturated carbocycles. The fraction of sp³-hybridized carbons (Fsp3) is 0.571. The number of hydrogen-bond acceptors (Lipinski definition) is 1. The van der Waals surface area contributed by atoms with Gasteiger partial charge in [0, 0.05) is 15.6 Å². The minimum Gasteiger partial charge on any atom is -0.311 e. The van der Waals surface area contributed by atoms with Crippen LogP contribution in [0.4, 0.5) is 0 Å². The van der Waals surface area contributed by atoms with Crippen molar-refractivity contribution in [2.24, 2.45) is 5.92 Å². The van der Waals surface area contributed by atoms with Crippen molar-refractivity contribution < 1.29 is 0 Å². The number of nitrogens with one attached hydrogen (secondary N) is 1. The first-order valence-electron chi connectivity index (χ1n) is 6.22. The summed E-state index contributed by atoms with van der Waals surface area (Å²) in [6.07, 6.45) is 3.42. The smallest absolute Gasteiger partial charge is 0.0439 e. The summed E-state index contributed by atoms with van der Waals surface area (Å²) in [4.78, 5) is 0. The third kappa shape index (κ3) is 2.78. The lowest BCUT2D eigenvalue weighted by atomic mass is 9.80. The van der Waals surface area contributed by atoms with E-state index in [1.807, 2.05) is 18.2 Å². The Morgan fingerprint density at radius 1 is 1.35 bits per heavy atom. The number of halogens is 2. The summed E-state index contributed by atoms with van der Waals surface area (Å²) in [7, 11) is 0. The second kappa shape index (κ2) is 5.17. The lowest BCUT2D eigenvalue weighted by Gasteiger charge is -2.34. The van der Waals surface area contributed by atoms with Gasteiger partial charge in [-0.3, -0.25) is 0 Å². The van der Waals surface area contributed by atoms with E-state index in [0.717, 1.165) is 28.6 Å². The van der Waals surface area contributed by atoms with Crippen LogP contribution in [0.3, 0.4) is 0 Å². The molecule has 1 saturated heterocycles. The van der Waals surface area contributed by atoms with Gasteiger partial charge >= 0.3 is 0 Å². The van der Waals surface area contributed by atoms with Crippen LogP contribution in [0.15, 0.2) is 18.2 Å². The maximum Gasteiger partial charge on any atom is 0.0439 e. The summed E-state index contributed by atoms with van der Waals surface area (Å²) in [6.45, 7) is 5.66. The monoisotopic (exact) mass is 271 g/mol. The van der Waals surface area contributed by atoms with Crippen LogP contribution < -0.4 is 5.32 Å². The normalized spacial score (nSPS) is 24.5. The highest BCUT2D eigenvalue weighted by Gasteiger charge is 2.36. The third-order valence-electron chi connectivity index (χ3n) is 3.90. The maximum atomic E-state index is 6.25. The highest BCUT2D eigenvalue weighted by Crippen LogP contribution is 2.34. The van der Waals surface area contributed by atoms with E-state index in [2.05, 4.69) is 19.2 Å². The average Bonchev–Trinajstić information content (AvgIpc) is 2.73. The van der Waals surface area contributed by atoms with Crippen molar-refractivity contribution in [3.05, 3.63) is 33.8 Å². The predicted octanol–water partition coefficient (Wildman–Crippen LogP) is 4.31. The van der Waals surface area contributed by atoms with Crippen molar-refractivity contribution in [3.8, 4) is 0 Å². The van der Waals surface area contributed by atoms with E-state index in [-0.39, 0.29) is 5.54 Å². The second-order valence-corrected chi connectivity index (χ2v) is 6.10. The molecule has 1 atom stereocenters. The molecular formula is C14H19Cl2N. The average molecular weight is 272 g/mol. The third-order valence-corrected chi connectivity index (χ3v) is 4.50. The summed E-state index contributed by atoms with van der Waals surface area (Å²) in [6, 6.07) is 5.73. The van der Waals surface area contributed by atoms with Crippen LogP contribution in [0.5, 0.6) is 0 Å². The first-order chi connectivity index (χ1) is 8.03. The van der Waals surface area contributed by atoms with Gasteiger partial charge in [0.2, 0.25) is 0 Å². The number of rotatable bonds is 3. The van der Waals surface area contributed by atoms with Crippen molar-refractivity contribution >= 4 is 23.2 Å². The molecule has 0 spiro atoms. The molecule has 17 heavy (non-hydrogen) atoms. The van der Waals surface area contributed by atoms with E-state index in [1.54, 1.807) is 0 Å². The number of hydrogen-bond donors (Lipinski definition) is 1. The zero-order valence-corrected chi connectivity index (χ0v) is 11.9. The van der Waals surface area contributed by atoms with Crippen molar-refractivity contribution in [1.29, 1.82) is 0 Å². The van der Waals surface area contributed by atoms with Crippen LogP contribution >= 0.6 is 23.2 Å². The highest BCUT2D eigenvalue weighted by molar-refractivity contribution is 6.33. The molecule has 0 aliphatic carbocycles. The molecule has 1 nitrogen and oxygen atoms in total. The Morgan fingerprint density at radius 2 is 2.12 bits per heavy atom. The molecule has 1 fully saturated rings. The zero-order chi connectivity index (χ0) is 12.5. The van der Waals surface area contributed by atoms with Gasteiger partial charge < -0.3 is 5.32 Å². The molecule has 2 rings (SSSR count). The first kappa shape index (κ1) is 13.2. The Kier molecular flexibility index (Phi) is 4.02. The lowest BCUT2D eigenvalue weighted by Crippen LogP contribution is -2.46. The molecule has 1 aliphatic heterocycles. The van der Waals surface area contributed by atoms with Crippen molar-refractivity contribution in [2.75, 3.05) is 6.54 Å². The van der Waals surface area contributed by atoms with Crippen LogP contribution in [0, 0.1) is 5.92 Å². The Hall–Kier alpha value is -0.240. The van der Waals surface area contributed by atoms with Gasteiger partial charge in [-0.05, 0) is 55.5 Å². The molecule has 1 aromatic carbocycles. The molecule has 1 unspecified atom stereocenters. The van der Waals surface area contributed by atoms with Crippen molar-refractivity contribution in [3.63, 3.8) is 0 Å². The van der Waals surface area contributed by atoms with Crippen molar-refractivity contribution in [1.82, 2.24) is 5.32 Å². The van der Waals surface area contributed by atoms with Gasteiger partial charge in [0.1, 0.15) is 0 Å². The van der Waals surface area contributed by atoms with Gasteiger partial charge in [-0.15, -0.1) is 0 Å². The van der Waals surface area contributed by atoms with Gasteiger partial charge in [0.25, 0.3) is 0 Å². The molecule has 1 heterocycles. The molecule has 1 aliphatic rings. The Balaban J connectivity index is 2.26. The highest BCUT2D eigenvalue weighted by atomic mass is 35.5. The standard InChI is InChI=1S/C14H19Cl2N/c1-10(2)14(6-3-7-17-14)9-11-8-12(15)4-5-13(11)16/h4-5,8,10,17H,3,6-7,9H2,1-2H3. The molecule has 94 valence electrons. The summed E-state index contributed by atoms with van der Waals surface area (Å²) in [5, 5.41) is 5.25. The lowest BCUT2D eigenvalue weighted by molar-refractivity contribution is 0.269. The quantitative estimate of drug-likeness (QED) is 0.864. The molecule has 0 bridgehead atoms. The Morgan fingerprint density at radius 3 is 2.71 bits per heavy atom. The topological polar surface area (TPSA) is 12.0 Å². The zero-order valence-electron chi connectivity index (χ0n) is 10.4. The van der Waals surface area contributed by atoms with Gasteiger partial charge in [-0.2, -0.15) is 0 Å². The second-order valence-electron chi connectivity index (χ2n) is 5.25. The molecule has 0 aromatic heterocycles. The van der Waals surface area contributed by atoms with E-state index in [0.29, 0.717) is 5.92 Å². The minimum atomic E-state index is 0.189. The SMILES string of the molecule is CC(C)C1(Cc2cc(Cl)ccc2Cl)CCCN1. The van der Waals surface area contributed by atoms with Gasteiger partial charge in [-0.1, -0.05) is 37.0 Å². The van der Waals surface area contributed by atoms with Crippen LogP contribution in [-0.4, -0.2) is 12.1 Å². The predicted molar refractivity (Wildman–Crippen MR) is 75.0 cm³/mol. The van der Waals surface area contributed by atoms with E-state index < -0.39 is 0 Å². The van der Waals surface area contributed by atoms with Crippen LogP contribution in [0.1, 0.15) is 32.3 Å². The Bertz CT molecular complexity index is 395. The fourth-order valence-electron chi connectivity index (χ4n) is 2.70. The summed E-state index contributed by atoms with van der Waals surface area (Å²) in [5.41, 5.74) is 1.34. The van der Waals surface area contributed by atoms with E-state index in [4.69, 9.17) is 23.2 Å². The summed E-state index contributed by atoms with van der Waals surface area (Å²) < 4.78 is 0. The summed E-state index contributed by atoms with van der Waals surface area (Å²) in [5.74, 6) is 0.597. The van der Waals surface area contributed by atoms with E-state index in [9.17, 15) is 0 Å². The summed E-state index contributed by atoms with van der Waals surface area (Å²) >= 11 is 12.3. The van der Waals surface area contributed by atoms with Crippen LogP contribution in [-0.2, 0) is 6.42 Å². The molecule has 0 radical (unpaired) electrons. The number of benzene rings is 1. The van der Waals surface area contributed by atoms with Crippen LogP contribution in [0.2, 0.25) is 10.0 Å². The van der Waals surface area contributed by atoms with E-state index in [1.165, 1.54) is 12.8 Å². The van der Waals surface area contributed by atoms with Gasteiger partial charge in [0.15, 0.2) is 0 Å². The largest absolute Gasteiger partial charge is 0.311 e. The molecule has 3 heteroatoms. The van der Waals surface area contributed by atoms with E-state index >= 15 is 0 Å². The molecular weight excluding hydrogens is 253 g/mol. The molecule has 1 aromatic rings. The van der Waals surface area contributed by atoms with Gasteiger partial charge in [0.05, 0.1) is 0 Å². The first-order valence-corrected chi connectivity index (χ1v) is 6.98. The maximum absolute atomic E-state index is 6.25.